The molecule has 172 valence electrons. The molecular weight excluding hydrogens is 446 g/mol. The second-order valence-corrected chi connectivity index (χ2v) is 7.88. The zero-order valence-electron chi connectivity index (χ0n) is 18.4. The van der Waals surface area contributed by atoms with E-state index in [0.717, 1.165) is 21.3 Å². The number of nitrogens with zero attached hydrogens (tertiary/aromatic N) is 2. The number of benzene rings is 4. The third kappa shape index (κ3) is 4.32. The number of nitro groups is 1. The fraction of sp³-hybridized carbons (Fsp3) is 0.0370. The fourth-order valence-corrected chi connectivity index (χ4v) is 3.94. The quantitative estimate of drug-likeness (QED) is 0.191. The van der Waals surface area contributed by atoms with E-state index in [1.165, 1.54) is 24.3 Å². The van der Waals surface area contributed by atoms with Crippen molar-refractivity contribution in [2.45, 2.75) is 6.61 Å². The number of hydrazine groups is 1. The Labute approximate surface area is 200 Å². The number of hydrogen-bond donors (Lipinski definition) is 1. The Hall–Kier alpha value is -4.98. The van der Waals surface area contributed by atoms with Crippen LogP contribution in [0, 0.1) is 10.1 Å². The molecule has 2 amide bonds. The van der Waals surface area contributed by atoms with Gasteiger partial charge in [0, 0.05) is 17.7 Å². The lowest BCUT2D eigenvalue weighted by molar-refractivity contribution is -0.384. The number of non-ortho nitro benzene ring substituents is 1. The van der Waals surface area contributed by atoms with E-state index in [1.54, 1.807) is 30.3 Å². The molecule has 0 saturated carbocycles. The van der Waals surface area contributed by atoms with Gasteiger partial charge in [0.15, 0.2) is 0 Å². The van der Waals surface area contributed by atoms with Crippen LogP contribution < -0.4 is 15.2 Å². The van der Waals surface area contributed by atoms with Crippen LogP contribution in [0.25, 0.3) is 16.8 Å². The highest BCUT2D eigenvalue weighted by Gasteiger charge is 2.34. The average molecular weight is 465 g/mol. The molecule has 4 aromatic carbocycles. The Morgan fingerprint density at radius 3 is 2.46 bits per heavy atom. The summed E-state index contributed by atoms with van der Waals surface area (Å²) >= 11 is 0. The predicted octanol–water partition coefficient (Wildman–Crippen LogP) is 4.79. The fourth-order valence-electron chi connectivity index (χ4n) is 3.94. The minimum absolute atomic E-state index is 0.149. The highest BCUT2D eigenvalue weighted by Crippen LogP contribution is 2.30. The molecule has 0 aromatic heterocycles. The number of carbonyl (C=O) groups excluding carboxylic acids is 2. The molecule has 0 spiro atoms. The minimum Gasteiger partial charge on any atom is -0.488 e. The second-order valence-electron chi connectivity index (χ2n) is 7.88. The van der Waals surface area contributed by atoms with Crippen LogP contribution in [-0.4, -0.2) is 16.7 Å². The first kappa shape index (κ1) is 21.8. The van der Waals surface area contributed by atoms with Gasteiger partial charge in [0.25, 0.3) is 17.5 Å². The maximum Gasteiger partial charge on any atom is 0.282 e. The average Bonchev–Trinajstić information content (AvgIpc) is 3.16. The molecule has 1 aliphatic heterocycles. The monoisotopic (exact) mass is 465 g/mol. The van der Waals surface area contributed by atoms with E-state index in [4.69, 9.17) is 4.74 Å². The van der Waals surface area contributed by atoms with E-state index in [-0.39, 0.29) is 23.4 Å². The number of rotatable bonds is 6. The van der Waals surface area contributed by atoms with Crippen molar-refractivity contribution < 1.29 is 19.2 Å². The number of anilines is 1. The van der Waals surface area contributed by atoms with Gasteiger partial charge in [0.1, 0.15) is 17.9 Å². The van der Waals surface area contributed by atoms with Gasteiger partial charge in [-0.3, -0.25) is 25.1 Å². The van der Waals surface area contributed by atoms with Crippen LogP contribution in [0.2, 0.25) is 0 Å². The Bertz CT molecular complexity index is 1490. The van der Waals surface area contributed by atoms with Crippen LogP contribution in [0.3, 0.4) is 0 Å². The van der Waals surface area contributed by atoms with Gasteiger partial charge < -0.3 is 4.74 Å². The minimum atomic E-state index is -0.606. The summed E-state index contributed by atoms with van der Waals surface area (Å²) in [4.78, 5) is 36.4. The van der Waals surface area contributed by atoms with Gasteiger partial charge in [-0.05, 0) is 40.6 Å². The van der Waals surface area contributed by atoms with E-state index in [1.807, 2.05) is 42.5 Å². The van der Waals surface area contributed by atoms with E-state index < -0.39 is 16.7 Å². The summed E-state index contributed by atoms with van der Waals surface area (Å²) in [7, 11) is 0. The molecule has 8 nitrogen and oxygen atoms in total. The standard InChI is InChI=1S/C27H19N3O5/c31-26-24(27(32)29(28-26)21-10-2-1-3-11-21)16-20-15-22(30(33)34)13-14-25(20)35-17-19-9-6-8-18-7-4-5-12-23(18)19/h1-16H,17H2,(H,28,31)/b24-16-. The first-order valence-corrected chi connectivity index (χ1v) is 10.8. The highest BCUT2D eigenvalue weighted by molar-refractivity contribution is 6.31. The van der Waals surface area contributed by atoms with Gasteiger partial charge in [-0.1, -0.05) is 60.7 Å². The van der Waals surface area contributed by atoms with Crippen molar-refractivity contribution in [2.75, 3.05) is 5.01 Å². The molecular formula is C27H19N3O5. The Kier molecular flexibility index (Phi) is 5.68. The number of ether oxygens (including phenoxy) is 1. The zero-order valence-corrected chi connectivity index (χ0v) is 18.4. The van der Waals surface area contributed by atoms with Crippen molar-refractivity contribution >= 4 is 40.0 Å². The van der Waals surface area contributed by atoms with Gasteiger partial charge in [-0.2, -0.15) is 0 Å². The lowest BCUT2D eigenvalue weighted by Gasteiger charge is -2.14. The van der Waals surface area contributed by atoms with Crippen molar-refractivity contribution in [2.24, 2.45) is 0 Å². The summed E-state index contributed by atoms with van der Waals surface area (Å²) in [6.45, 7) is 0.200. The van der Waals surface area contributed by atoms with Crippen molar-refractivity contribution in [3.8, 4) is 5.75 Å². The number of hydrogen-bond acceptors (Lipinski definition) is 5. The van der Waals surface area contributed by atoms with E-state index >= 15 is 0 Å². The van der Waals surface area contributed by atoms with Crippen molar-refractivity contribution in [3.63, 3.8) is 0 Å². The van der Waals surface area contributed by atoms with E-state index in [9.17, 15) is 19.7 Å². The lowest BCUT2D eigenvalue weighted by Crippen LogP contribution is -2.35. The number of nitro benzene ring substituents is 1. The summed E-state index contributed by atoms with van der Waals surface area (Å²) in [6.07, 6.45) is 1.33. The van der Waals surface area contributed by atoms with E-state index in [2.05, 4.69) is 5.43 Å². The Morgan fingerprint density at radius 1 is 0.914 bits per heavy atom. The normalized spacial score (nSPS) is 14.4. The first-order chi connectivity index (χ1) is 17.0. The smallest absolute Gasteiger partial charge is 0.282 e. The van der Waals surface area contributed by atoms with Crippen molar-refractivity contribution in [3.05, 3.63) is 118 Å². The maximum absolute atomic E-state index is 13.0. The molecule has 0 unspecified atom stereocenters. The third-order valence-electron chi connectivity index (χ3n) is 5.67. The van der Waals surface area contributed by atoms with Gasteiger partial charge in [0.05, 0.1) is 10.6 Å². The lowest BCUT2D eigenvalue weighted by atomic mass is 10.1. The molecule has 0 aliphatic carbocycles. The topological polar surface area (TPSA) is 102 Å². The Balaban J connectivity index is 1.49. The van der Waals surface area contributed by atoms with Crippen LogP contribution >= 0.6 is 0 Å². The number of nitrogens with one attached hydrogen (secondary N) is 1. The molecule has 5 rings (SSSR count). The second kappa shape index (κ2) is 9.11. The summed E-state index contributed by atoms with van der Waals surface area (Å²) in [5.41, 5.74) is 3.89. The summed E-state index contributed by atoms with van der Waals surface area (Å²) in [5, 5.41) is 14.6. The van der Waals surface area contributed by atoms with Crippen LogP contribution in [0.15, 0.2) is 96.6 Å². The van der Waals surface area contributed by atoms with Crippen LogP contribution in [0.1, 0.15) is 11.1 Å². The number of para-hydroxylation sites is 1. The molecule has 1 heterocycles. The molecule has 0 bridgehead atoms. The van der Waals surface area contributed by atoms with Gasteiger partial charge in [-0.25, -0.2) is 5.01 Å². The molecule has 8 heteroatoms. The maximum atomic E-state index is 13.0. The molecule has 4 aromatic rings. The third-order valence-corrected chi connectivity index (χ3v) is 5.67. The largest absolute Gasteiger partial charge is 0.488 e. The summed E-state index contributed by atoms with van der Waals surface area (Å²) < 4.78 is 6.03. The Morgan fingerprint density at radius 2 is 1.66 bits per heavy atom. The van der Waals surface area contributed by atoms with Crippen molar-refractivity contribution in [1.29, 1.82) is 0 Å². The van der Waals surface area contributed by atoms with E-state index in [0.29, 0.717) is 11.4 Å². The van der Waals surface area contributed by atoms with Crippen LogP contribution in [-0.2, 0) is 16.2 Å². The zero-order chi connectivity index (χ0) is 24.4. The molecule has 0 atom stereocenters. The van der Waals surface area contributed by atoms with Gasteiger partial charge in [0.2, 0.25) is 0 Å². The van der Waals surface area contributed by atoms with Gasteiger partial charge in [-0.15, -0.1) is 0 Å². The van der Waals surface area contributed by atoms with Crippen LogP contribution in [0.5, 0.6) is 5.75 Å². The summed E-state index contributed by atoms with van der Waals surface area (Å²) in [5.74, 6) is -0.854. The highest BCUT2D eigenvalue weighted by atomic mass is 16.6. The van der Waals surface area contributed by atoms with Gasteiger partial charge >= 0.3 is 0 Å². The SMILES string of the molecule is O=C1NN(c2ccccc2)C(=O)/C1=C\c1cc([N+](=O)[O-])ccc1OCc1cccc2ccccc12. The predicted molar refractivity (Wildman–Crippen MR) is 131 cm³/mol. The summed E-state index contributed by atoms with van der Waals surface area (Å²) in [6, 6.07) is 26.5. The van der Waals surface area contributed by atoms with Crippen molar-refractivity contribution in [1.82, 2.24) is 5.43 Å². The molecule has 1 N–H and O–H groups in total. The number of amides is 2. The molecule has 1 aliphatic rings. The molecule has 1 fully saturated rings. The number of carbonyl (C=O) groups is 2. The van der Waals surface area contributed by atoms with Crippen LogP contribution in [0.4, 0.5) is 11.4 Å². The molecule has 1 saturated heterocycles. The number of fused-ring (bicyclic) bond motifs is 1. The molecule has 35 heavy (non-hydrogen) atoms. The molecule has 0 radical (unpaired) electrons. The first-order valence-electron chi connectivity index (χ1n) is 10.8.